The summed E-state index contributed by atoms with van der Waals surface area (Å²) in [6, 6.07) is 3.41. The third-order valence-electron chi connectivity index (χ3n) is 3.04. The Labute approximate surface area is 134 Å². The normalized spacial score (nSPS) is 12.7. The van der Waals surface area contributed by atoms with Gasteiger partial charge in [-0.2, -0.15) is 0 Å². The lowest BCUT2D eigenvalue weighted by Gasteiger charge is -2.10. The minimum Gasteiger partial charge on any atom is -0.460 e. The van der Waals surface area contributed by atoms with Crippen LogP contribution in [0.3, 0.4) is 0 Å². The maximum absolute atomic E-state index is 13.6. The number of halogens is 1. The van der Waals surface area contributed by atoms with E-state index < -0.39 is 0 Å². The fourth-order valence-corrected chi connectivity index (χ4v) is 3.29. The first kappa shape index (κ1) is 15.1. The Morgan fingerprint density at radius 1 is 1.32 bits per heavy atom. The lowest BCUT2D eigenvalue weighted by Crippen LogP contribution is -1.99. The van der Waals surface area contributed by atoms with Crippen LogP contribution < -0.4 is 5.73 Å². The molecule has 1 unspecified atom stereocenters. The zero-order chi connectivity index (χ0) is 15.7. The highest BCUT2D eigenvalue weighted by atomic mass is 32.2. The second-order valence-electron chi connectivity index (χ2n) is 4.57. The summed E-state index contributed by atoms with van der Waals surface area (Å²) in [5.41, 5.74) is 6.94. The van der Waals surface area contributed by atoms with Gasteiger partial charge in [-0.05, 0) is 19.2 Å². The number of anilines is 1. The molecule has 0 radical (unpaired) electrons. The number of pyridine rings is 1. The van der Waals surface area contributed by atoms with Gasteiger partial charge in [0.25, 0.3) is 0 Å². The molecule has 0 fully saturated rings. The Bertz CT molecular complexity index is 824. The molecular formula is C14H13FN4OS2. The Kier molecular flexibility index (Phi) is 4.21. The third kappa shape index (κ3) is 3.02. The number of nitrogens with zero attached hydrogens (tertiary/aromatic N) is 3. The molecule has 0 aliphatic carbocycles. The first-order valence-corrected chi connectivity index (χ1v) is 8.55. The van der Waals surface area contributed by atoms with E-state index in [2.05, 4.69) is 15.0 Å². The monoisotopic (exact) mass is 336 g/mol. The van der Waals surface area contributed by atoms with Crippen LogP contribution in [0.1, 0.15) is 17.9 Å². The van der Waals surface area contributed by atoms with Crippen molar-refractivity contribution in [3.05, 3.63) is 36.1 Å². The van der Waals surface area contributed by atoms with Crippen LogP contribution in [0.4, 0.5) is 10.2 Å². The number of rotatable bonds is 4. The van der Waals surface area contributed by atoms with Crippen LogP contribution in [0.25, 0.3) is 11.0 Å². The predicted molar refractivity (Wildman–Crippen MR) is 86.5 cm³/mol. The van der Waals surface area contributed by atoms with Gasteiger partial charge in [0.1, 0.15) is 17.1 Å². The van der Waals surface area contributed by atoms with Crippen molar-refractivity contribution in [2.45, 2.75) is 22.4 Å². The van der Waals surface area contributed by atoms with Gasteiger partial charge in [0.15, 0.2) is 16.6 Å². The molecule has 0 aliphatic rings. The van der Waals surface area contributed by atoms with Gasteiger partial charge in [-0.15, -0.1) is 11.8 Å². The van der Waals surface area contributed by atoms with E-state index in [1.807, 2.05) is 13.2 Å². The Balaban J connectivity index is 1.87. The second kappa shape index (κ2) is 6.13. The highest BCUT2D eigenvalue weighted by molar-refractivity contribution is 7.99. The number of hydrogen-bond donors (Lipinski definition) is 1. The van der Waals surface area contributed by atoms with E-state index in [9.17, 15) is 4.39 Å². The molecule has 0 spiro atoms. The molecule has 2 N–H and O–H groups in total. The van der Waals surface area contributed by atoms with Crippen molar-refractivity contribution in [1.29, 1.82) is 0 Å². The van der Waals surface area contributed by atoms with Crippen molar-refractivity contribution < 1.29 is 8.81 Å². The number of furan rings is 1. The largest absolute Gasteiger partial charge is 0.460 e. The summed E-state index contributed by atoms with van der Waals surface area (Å²) in [7, 11) is 0. The summed E-state index contributed by atoms with van der Waals surface area (Å²) < 4.78 is 18.7. The summed E-state index contributed by atoms with van der Waals surface area (Å²) in [6.45, 7) is 1.96. The molecule has 3 rings (SSSR count). The molecule has 0 bridgehead atoms. The Morgan fingerprint density at radius 3 is 2.91 bits per heavy atom. The average Bonchev–Trinajstić information content (AvgIpc) is 2.87. The summed E-state index contributed by atoms with van der Waals surface area (Å²) in [4.78, 5) is 12.9. The second-order valence-corrected chi connectivity index (χ2v) is 6.70. The third-order valence-corrected chi connectivity index (χ3v) is 4.66. The van der Waals surface area contributed by atoms with Gasteiger partial charge >= 0.3 is 0 Å². The number of hydrogen-bond acceptors (Lipinski definition) is 7. The predicted octanol–water partition coefficient (Wildman–Crippen LogP) is 3.91. The van der Waals surface area contributed by atoms with Gasteiger partial charge in [-0.25, -0.2) is 14.4 Å². The molecule has 0 aromatic carbocycles. The van der Waals surface area contributed by atoms with Crippen LogP contribution in [-0.2, 0) is 0 Å². The molecule has 3 aromatic rings. The highest BCUT2D eigenvalue weighted by Crippen LogP contribution is 2.34. The molecule has 5 nitrogen and oxygen atoms in total. The first-order chi connectivity index (χ1) is 10.6. The van der Waals surface area contributed by atoms with Crippen LogP contribution in [0.2, 0.25) is 0 Å². The number of fused-ring (bicyclic) bond motifs is 1. The Hall–Kier alpha value is -1.80. The van der Waals surface area contributed by atoms with Gasteiger partial charge in [0.2, 0.25) is 0 Å². The number of nitrogen functional groups attached to an aromatic ring is 1. The van der Waals surface area contributed by atoms with Gasteiger partial charge in [0.05, 0.1) is 22.5 Å². The summed E-state index contributed by atoms with van der Waals surface area (Å²) >= 11 is 2.93. The van der Waals surface area contributed by atoms with Crippen molar-refractivity contribution in [2.24, 2.45) is 0 Å². The van der Waals surface area contributed by atoms with Crippen LogP contribution in [0.5, 0.6) is 0 Å². The van der Waals surface area contributed by atoms with Crippen molar-refractivity contribution >= 4 is 40.3 Å². The van der Waals surface area contributed by atoms with Crippen LogP contribution in [0, 0.1) is 5.82 Å². The van der Waals surface area contributed by atoms with Gasteiger partial charge in [0, 0.05) is 6.07 Å². The van der Waals surface area contributed by atoms with Crippen LogP contribution in [0.15, 0.2) is 39.2 Å². The molecule has 0 saturated carbocycles. The van der Waals surface area contributed by atoms with Crippen molar-refractivity contribution in [3.63, 3.8) is 0 Å². The maximum atomic E-state index is 13.6. The molecule has 8 heteroatoms. The lowest BCUT2D eigenvalue weighted by atomic mass is 10.2. The van der Waals surface area contributed by atoms with E-state index in [1.165, 1.54) is 29.7 Å². The first-order valence-electron chi connectivity index (χ1n) is 6.44. The smallest absolute Gasteiger partial charge is 0.191 e. The minimum absolute atomic E-state index is 0.0461. The fourth-order valence-electron chi connectivity index (χ4n) is 1.94. The molecule has 0 amide bonds. The molecule has 22 heavy (non-hydrogen) atoms. The molecule has 0 saturated heterocycles. The number of thioether (sulfide) groups is 2. The molecule has 114 valence electrons. The van der Waals surface area contributed by atoms with E-state index >= 15 is 0 Å². The van der Waals surface area contributed by atoms with Crippen molar-refractivity contribution in [1.82, 2.24) is 15.0 Å². The standard InChI is InChI=1S/C14H13FN4OS2/c1-7(22-14-18-12(16)4-13(19-14)21-2)10-3-8-9(15)6-20-11(8)5-17-10/h3-7H,1-2H3,(H2,16,18,19). The quantitative estimate of drug-likeness (QED) is 0.439. The molecular weight excluding hydrogens is 323 g/mol. The maximum Gasteiger partial charge on any atom is 0.191 e. The van der Waals surface area contributed by atoms with Gasteiger partial charge in [-0.1, -0.05) is 11.8 Å². The molecule has 3 aromatic heterocycles. The number of aromatic nitrogens is 3. The summed E-state index contributed by atoms with van der Waals surface area (Å²) in [5, 5.41) is 1.77. The van der Waals surface area contributed by atoms with Crippen LogP contribution in [-0.4, -0.2) is 21.2 Å². The SMILES string of the molecule is CSc1cc(N)nc(SC(C)c2cc3c(F)coc3cn2)n1. The van der Waals surface area contributed by atoms with E-state index in [4.69, 9.17) is 10.2 Å². The van der Waals surface area contributed by atoms with Crippen molar-refractivity contribution in [2.75, 3.05) is 12.0 Å². The van der Waals surface area contributed by atoms with E-state index in [1.54, 1.807) is 12.1 Å². The van der Waals surface area contributed by atoms with Crippen molar-refractivity contribution in [3.8, 4) is 0 Å². The highest BCUT2D eigenvalue weighted by Gasteiger charge is 2.15. The molecule has 3 heterocycles. The summed E-state index contributed by atoms with van der Waals surface area (Å²) in [6.07, 6.45) is 4.54. The van der Waals surface area contributed by atoms with Crippen LogP contribution >= 0.6 is 23.5 Å². The fraction of sp³-hybridized carbons (Fsp3) is 0.214. The average molecular weight is 336 g/mol. The van der Waals surface area contributed by atoms with E-state index in [0.717, 1.165) is 17.0 Å². The van der Waals surface area contributed by atoms with E-state index in [-0.39, 0.29) is 11.1 Å². The lowest BCUT2D eigenvalue weighted by molar-refractivity contribution is 0.557. The minimum atomic E-state index is -0.388. The topological polar surface area (TPSA) is 77.8 Å². The Morgan fingerprint density at radius 2 is 2.14 bits per heavy atom. The van der Waals surface area contributed by atoms with E-state index in [0.29, 0.717) is 21.9 Å². The zero-order valence-corrected chi connectivity index (χ0v) is 13.5. The summed E-state index contributed by atoms with van der Waals surface area (Å²) in [5.74, 6) is 0.0408. The molecule has 1 atom stereocenters. The van der Waals surface area contributed by atoms with Gasteiger partial charge < -0.3 is 10.2 Å². The zero-order valence-electron chi connectivity index (χ0n) is 11.9. The van der Waals surface area contributed by atoms with Gasteiger partial charge in [-0.3, -0.25) is 4.98 Å². The number of nitrogens with two attached hydrogens (primary N) is 1. The molecule has 0 aliphatic heterocycles.